The van der Waals surface area contributed by atoms with Gasteiger partial charge in [0.25, 0.3) is 10.0 Å². The van der Waals surface area contributed by atoms with Gasteiger partial charge >= 0.3 is 0 Å². The number of nitrogens with zero attached hydrogens (tertiary/aromatic N) is 4. The molecule has 0 aliphatic rings. The van der Waals surface area contributed by atoms with Gasteiger partial charge in [0.15, 0.2) is 11.6 Å². The van der Waals surface area contributed by atoms with Gasteiger partial charge in [0.2, 0.25) is 5.13 Å². The zero-order valence-corrected chi connectivity index (χ0v) is 15.0. The third kappa shape index (κ3) is 3.96. The Hall–Kier alpha value is -2.60. The number of aryl methyl sites for hydroxylation is 1. The van der Waals surface area contributed by atoms with Crippen LogP contribution in [0.15, 0.2) is 35.6 Å². The molecule has 0 saturated carbocycles. The zero-order chi connectivity index (χ0) is 18.7. The number of hydrogen-bond donors (Lipinski definition) is 1. The van der Waals surface area contributed by atoms with Crippen LogP contribution in [0, 0.1) is 11.6 Å². The molecule has 0 spiro atoms. The van der Waals surface area contributed by atoms with Gasteiger partial charge in [-0.3, -0.25) is 9.40 Å². The average Bonchev–Trinajstić information content (AvgIpc) is 3.22. The normalized spacial score (nSPS) is 11.5. The first-order valence-electron chi connectivity index (χ1n) is 7.25. The molecule has 0 aliphatic heterocycles. The van der Waals surface area contributed by atoms with Gasteiger partial charge in [-0.1, -0.05) is 0 Å². The Morgan fingerprint density at radius 2 is 2.12 bits per heavy atom. The van der Waals surface area contributed by atoms with E-state index in [9.17, 15) is 17.2 Å². The van der Waals surface area contributed by atoms with Crippen molar-refractivity contribution in [2.45, 2.75) is 11.3 Å². The molecule has 0 unspecified atom stereocenters. The SMILES string of the molecule is Cn1nccc1CCOc1cc(F)c(S(=O)(=O)Nc2ncns2)cc1F. The van der Waals surface area contributed by atoms with Gasteiger partial charge in [-0.25, -0.2) is 22.2 Å². The second kappa shape index (κ2) is 7.33. The van der Waals surface area contributed by atoms with Gasteiger partial charge in [0.1, 0.15) is 17.0 Å². The molecule has 1 aromatic carbocycles. The Labute approximate surface area is 151 Å². The topological polar surface area (TPSA) is 99.0 Å². The van der Waals surface area contributed by atoms with Crippen LogP contribution in [0.25, 0.3) is 0 Å². The van der Waals surface area contributed by atoms with Gasteiger partial charge < -0.3 is 4.74 Å². The quantitative estimate of drug-likeness (QED) is 0.650. The molecule has 0 amide bonds. The second-order valence-corrected chi connectivity index (χ2v) is 7.54. The average molecular weight is 401 g/mol. The monoisotopic (exact) mass is 401 g/mol. The van der Waals surface area contributed by atoms with E-state index in [1.165, 1.54) is 0 Å². The fourth-order valence-corrected chi connectivity index (χ4v) is 3.86. The Kier molecular flexibility index (Phi) is 5.13. The molecule has 0 saturated heterocycles. The standard InChI is InChI=1S/C14H13F2N5O3S2/c1-21-9(2-4-18-21)3-5-24-12-6-11(16)13(7-10(12)15)26(22,23)20-14-17-8-19-25-14/h2,4,6-8H,3,5H2,1H3,(H,17,19,20). The molecule has 138 valence electrons. The highest BCUT2D eigenvalue weighted by atomic mass is 32.2. The Balaban J connectivity index is 1.74. The van der Waals surface area contributed by atoms with Crippen molar-refractivity contribution in [3.63, 3.8) is 0 Å². The van der Waals surface area contributed by atoms with Crippen molar-refractivity contribution in [3.05, 3.63) is 48.1 Å². The van der Waals surface area contributed by atoms with E-state index in [0.717, 1.165) is 23.6 Å². The summed E-state index contributed by atoms with van der Waals surface area (Å²) < 4.78 is 65.2. The molecule has 26 heavy (non-hydrogen) atoms. The summed E-state index contributed by atoms with van der Waals surface area (Å²) in [4.78, 5) is 2.79. The van der Waals surface area contributed by atoms with E-state index in [1.807, 2.05) is 4.72 Å². The molecule has 3 aromatic rings. The molecular weight excluding hydrogens is 388 g/mol. The fourth-order valence-electron chi connectivity index (χ4n) is 2.13. The predicted molar refractivity (Wildman–Crippen MR) is 89.5 cm³/mol. The van der Waals surface area contributed by atoms with Crippen molar-refractivity contribution in [3.8, 4) is 5.75 Å². The minimum Gasteiger partial charge on any atom is -0.490 e. The summed E-state index contributed by atoms with van der Waals surface area (Å²) in [5, 5.41) is 3.93. The van der Waals surface area contributed by atoms with Crippen molar-refractivity contribution in [1.29, 1.82) is 0 Å². The zero-order valence-electron chi connectivity index (χ0n) is 13.4. The second-order valence-electron chi connectivity index (χ2n) is 5.11. The minimum atomic E-state index is -4.34. The smallest absolute Gasteiger partial charge is 0.266 e. The molecule has 0 bridgehead atoms. The lowest BCUT2D eigenvalue weighted by Crippen LogP contribution is -2.15. The van der Waals surface area contributed by atoms with Crippen LogP contribution in [0.4, 0.5) is 13.9 Å². The summed E-state index contributed by atoms with van der Waals surface area (Å²) >= 11 is 0.769. The van der Waals surface area contributed by atoms with E-state index in [2.05, 4.69) is 14.5 Å². The van der Waals surface area contributed by atoms with Gasteiger partial charge in [-0.15, -0.1) is 0 Å². The summed E-state index contributed by atoms with van der Waals surface area (Å²) in [5.74, 6) is -2.51. The number of halogens is 2. The first kappa shape index (κ1) is 18.2. The van der Waals surface area contributed by atoms with Crippen LogP contribution in [-0.4, -0.2) is 34.2 Å². The minimum absolute atomic E-state index is 0.0543. The molecule has 0 aliphatic carbocycles. The predicted octanol–water partition coefficient (Wildman–Crippen LogP) is 1.97. The van der Waals surface area contributed by atoms with Crippen molar-refractivity contribution in [2.24, 2.45) is 7.05 Å². The maximum absolute atomic E-state index is 14.2. The first-order chi connectivity index (χ1) is 12.4. The van der Waals surface area contributed by atoms with Gasteiger partial charge in [-0.05, 0) is 6.07 Å². The van der Waals surface area contributed by atoms with Crippen LogP contribution in [-0.2, 0) is 23.5 Å². The molecule has 8 nitrogen and oxygen atoms in total. The Bertz CT molecular complexity index is 1010. The van der Waals surface area contributed by atoms with Crippen molar-refractivity contribution >= 4 is 26.7 Å². The Morgan fingerprint density at radius 3 is 2.77 bits per heavy atom. The van der Waals surface area contributed by atoms with E-state index in [-0.39, 0.29) is 17.5 Å². The number of nitrogens with one attached hydrogen (secondary N) is 1. The van der Waals surface area contributed by atoms with Gasteiger partial charge in [0, 0.05) is 49.0 Å². The highest BCUT2D eigenvalue weighted by molar-refractivity contribution is 7.93. The van der Waals surface area contributed by atoms with Gasteiger partial charge in [-0.2, -0.15) is 9.47 Å². The largest absolute Gasteiger partial charge is 0.490 e. The number of ether oxygens (including phenoxy) is 1. The molecular formula is C14H13F2N5O3S2. The van der Waals surface area contributed by atoms with Crippen molar-refractivity contribution in [1.82, 2.24) is 19.1 Å². The van der Waals surface area contributed by atoms with Gasteiger partial charge in [0.05, 0.1) is 6.61 Å². The van der Waals surface area contributed by atoms with Crippen molar-refractivity contribution < 1.29 is 21.9 Å². The van der Waals surface area contributed by atoms with Crippen LogP contribution in [0.3, 0.4) is 0 Å². The number of anilines is 1. The number of rotatable bonds is 7. The summed E-state index contributed by atoms with van der Waals surface area (Å²) in [5.41, 5.74) is 0.853. The summed E-state index contributed by atoms with van der Waals surface area (Å²) in [6.07, 6.45) is 3.18. The van der Waals surface area contributed by atoms with E-state index in [4.69, 9.17) is 4.74 Å². The highest BCUT2D eigenvalue weighted by Crippen LogP contribution is 2.26. The molecule has 0 radical (unpaired) electrons. The van der Waals surface area contributed by atoms with E-state index < -0.39 is 26.6 Å². The number of hydrogen-bond acceptors (Lipinski definition) is 7. The number of aromatic nitrogens is 4. The van der Waals surface area contributed by atoms with E-state index >= 15 is 0 Å². The highest BCUT2D eigenvalue weighted by Gasteiger charge is 2.23. The lowest BCUT2D eigenvalue weighted by molar-refractivity contribution is 0.299. The van der Waals surface area contributed by atoms with E-state index in [0.29, 0.717) is 18.6 Å². The first-order valence-corrected chi connectivity index (χ1v) is 9.50. The molecule has 2 aromatic heterocycles. The van der Waals surface area contributed by atoms with Crippen LogP contribution in [0.1, 0.15) is 5.69 Å². The summed E-state index contributed by atoms with van der Waals surface area (Å²) in [7, 11) is -2.59. The lowest BCUT2D eigenvalue weighted by Gasteiger charge is -2.11. The van der Waals surface area contributed by atoms with Crippen LogP contribution < -0.4 is 9.46 Å². The number of sulfonamides is 1. The molecule has 12 heteroatoms. The third-order valence-electron chi connectivity index (χ3n) is 3.40. The fraction of sp³-hybridized carbons (Fsp3) is 0.214. The van der Waals surface area contributed by atoms with Crippen LogP contribution in [0.2, 0.25) is 0 Å². The van der Waals surface area contributed by atoms with Crippen LogP contribution in [0.5, 0.6) is 5.75 Å². The van der Waals surface area contributed by atoms with Crippen molar-refractivity contribution in [2.75, 3.05) is 11.3 Å². The molecule has 1 N–H and O–H groups in total. The molecule has 3 rings (SSSR count). The lowest BCUT2D eigenvalue weighted by atomic mass is 10.3. The molecule has 0 atom stereocenters. The maximum Gasteiger partial charge on any atom is 0.266 e. The maximum atomic E-state index is 14.2. The summed E-state index contributed by atoms with van der Waals surface area (Å²) in [6.45, 7) is 0.0744. The Morgan fingerprint density at radius 1 is 1.31 bits per heavy atom. The van der Waals surface area contributed by atoms with Crippen LogP contribution >= 0.6 is 11.5 Å². The summed E-state index contributed by atoms with van der Waals surface area (Å²) in [6, 6.07) is 3.04. The number of benzene rings is 1. The van der Waals surface area contributed by atoms with E-state index in [1.54, 1.807) is 24.0 Å². The molecule has 2 heterocycles. The third-order valence-corrected chi connectivity index (χ3v) is 5.46. The molecule has 0 fully saturated rings.